The quantitative estimate of drug-likeness (QED) is 0.770. The van der Waals surface area contributed by atoms with Crippen LogP contribution in [0.4, 0.5) is 11.4 Å². The molecule has 2 aromatic carbocycles. The second-order valence-corrected chi connectivity index (χ2v) is 4.46. The fourth-order valence-electron chi connectivity index (χ4n) is 2.19. The van der Waals surface area contributed by atoms with Crippen LogP contribution in [-0.4, -0.2) is 4.98 Å². The molecule has 1 N–H and O–H groups in total. The molecular weight excluding hydrogens is 260 g/mol. The minimum atomic E-state index is 0.446. The van der Waals surface area contributed by atoms with Gasteiger partial charge >= 0.3 is 0 Å². The Labute approximate surface area is 121 Å². The van der Waals surface area contributed by atoms with Crippen molar-refractivity contribution in [1.29, 1.82) is 10.5 Å². The number of anilines is 2. The molecule has 1 heterocycles. The number of rotatable bonds is 2. The molecule has 0 aliphatic heterocycles. The minimum absolute atomic E-state index is 0.446. The second kappa shape index (κ2) is 5.32. The summed E-state index contributed by atoms with van der Waals surface area (Å²) in [5, 5.41) is 22.5. The van der Waals surface area contributed by atoms with Crippen LogP contribution in [0.15, 0.2) is 54.7 Å². The topological polar surface area (TPSA) is 72.5 Å². The first-order chi connectivity index (χ1) is 10.3. The van der Waals surface area contributed by atoms with Gasteiger partial charge in [0.25, 0.3) is 0 Å². The highest BCUT2D eigenvalue weighted by Gasteiger charge is 2.10. The molecule has 0 saturated heterocycles. The van der Waals surface area contributed by atoms with Gasteiger partial charge in [-0.05, 0) is 18.2 Å². The Hall–Kier alpha value is -3.37. The molecule has 98 valence electrons. The van der Waals surface area contributed by atoms with E-state index < -0.39 is 0 Å². The third kappa shape index (κ3) is 2.27. The Kier molecular flexibility index (Phi) is 3.21. The predicted molar refractivity (Wildman–Crippen MR) is 80.9 cm³/mol. The van der Waals surface area contributed by atoms with Crippen molar-refractivity contribution in [3.05, 3.63) is 65.9 Å². The molecule has 0 atom stereocenters. The number of nitriles is 2. The highest BCUT2D eigenvalue weighted by molar-refractivity contribution is 5.96. The Morgan fingerprint density at radius 2 is 1.57 bits per heavy atom. The predicted octanol–water partition coefficient (Wildman–Crippen LogP) is 3.72. The van der Waals surface area contributed by atoms with E-state index in [0.717, 1.165) is 10.9 Å². The van der Waals surface area contributed by atoms with E-state index in [2.05, 4.69) is 22.4 Å². The van der Waals surface area contributed by atoms with Crippen LogP contribution in [0.25, 0.3) is 10.9 Å². The van der Waals surface area contributed by atoms with Gasteiger partial charge in [-0.15, -0.1) is 0 Å². The highest BCUT2D eigenvalue weighted by Crippen LogP contribution is 2.29. The third-order valence-corrected chi connectivity index (χ3v) is 3.20. The monoisotopic (exact) mass is 270 g/mol. The number of hydrogen-bond donors (Lipinski definition) is 1. The highest BCUT2D eigenvalue weighted by atomic mass is 14.9. The van der Waals surface area contributed by atoms with E-state index in [1.54, 1.807) is 18.3 Å². The summed E-state index contributed by atoms with van der Waals surface area (Å²) in [6.07, 6.45) is 1.54. The Balaban J connectivity index is 2.20. The van der Waals surface area contributed by atoms with Gasteiger partial charge in [-0.2, -0.15) is 10.5 Å². The minimum Gasteiger partial charge on any atom is -0.353 e. The molecule has 0 spiro atoms. The lowest BCUT2D eigenvalue weighted by molar-refractivity contribution is 1.36. The van der Waals surface area contributed by atoms with E-state index in [-0.39, 0.29) is 0 Å². The first-order valence-electron chi connectivity index (χ1n) is 6.37. The van der Waals surface area contributed by atoms with Crippen LogP contribution in [0.1, 0.15) is 11.1 Å². The fraction of sp³-hybridized carbons (Fsp3) is 0. The summed E-state index contributed by atoms with van der Waals surface area (Å²) in [4.78, 5) is 4.27. The molecule has 0 amide bonds. The lowest BCUT2D eigenvalue weighted by Gasteiger charge is -2.12. The fourth-order valence-corrected chi connectivity index (χ4v) is 2.19. The molecule has 4 nitrogen and oxygen atoms in total. The molecule has 21 heavy (non-hydrogen) atoms. The van der Waals surface area contributed by atoms with Crippen molar-refractivity contribution in [2.45, 2.75) is 0 Å². The van der Waals surface area contributed by atoms with Gasteiger partial charge in [0.15, 0.2) is 0 Å². The SMILES string of the molecule is N#Cc1ccccc1Nc1c(C#N)cnc2ccccc12. The van der Waals surface area contributed by atoms with Crippen LogP contribution in [-0.2, 0) is 0 Å². The van der Waals surface area contributed by atoms with Crippen LogP contribution in [0.3, 0.4) is 0 Å². The van der Waals surface area contributed by atoms with Crippen molar-refractivity contribution in [2.75, 3.05) is 5.32 Å². The summed E-state index contributed by atoms with van der Waals surface area (Å²) < 4.78 is 0. The van der Waals surface area contributed by atoms with Crippen LogP contribution in [0.5, 0.6) is 0 Å². The molecule has 4 heteroatoms. The van der Waals surface area contributed by atoms with Crippen molar-refractivity contribution in [3.8, 4) is 12.1 Å². The van der Waals surface area contributed by atoms with Gasteiger partial charge < -0.3 is 5.32 Å². The van der Waals surface area contributed by atoms with Crippen molar-refractivity contribution in [2.24, 2.45) is 0 Å². The van der Waals surface area contributed by atoms with Gasteiger partial charge in [0.05, 0.1) is 28.0 Å². The number of fused-ring (bicyclic) bond motifs is 1. The van der Waals surface area contributed by atoms with Gasteiger partial charge in [-0.25, -0.2) is 0 Å². The van der Waals surface area contributed by atoms with Crippen molar-refractivity contribution < 1.29 is 0 Å². The largest absolute Gasteiger partial charge is 0.353 e. The number of hydrogen-bond acceptors (Lipinski definition) is 4. The summed E-state index contributed by atoms with van der Waals surface area (Å²) in [6, 6.07) is 19.1. The van der Waals surface area contributed by atoms with Gasteiger partial charge in [0.2, 0.25) is 0 Å². The normalized spacial score (nSPS) is 9.81. The van der Waals surface area contributed by atoms with Crippen molar-refractivity contribution in [3.63, 3.8) is 0 Å². The van der Waals surface area contributed by atoms with Crippen LogP contribution in [0.2, 0.25) is 0 Å². The van der Waals surface area contributed by atoms with Crippen molar-refractivity contribution in [1.82, 2.24) is 4.98 Å². The molecule has 1 aromatic heterocycles. The smallest absolute Gasteiger partial charge is 0.103 e. The van der Waals surface area contributed by atoms with Crippen molar-refractivity contribution >= 4 is 22.3 Å². The molecule has 0 aliphatic rings. The molecule has 3 aromatic rings. The molecule has 3 rings (SSSR count). The maximum Gasteiger partial charge on any atom is 0.103 e. The van der Waals surface area contributed by atoms with Crippen LogP contribution >= 0.6 is 0 Å². The lowest BCUT2D eigenvalue weighted by Crippen LogP contribution is -1.98. The zero-order valence-electron chi connectivity index (χ0n) is 11.0. The van der Waals surface area contributed by atoms with E-state index >= 15 is 0 Å². The molecule has 0 radical (unpaired) electrons. The molecular formula is C17H10N4. The first-order valence-corrected chi connectivity index (χ1v) is 6.37. The van der Waals surface area contributed by atoms with Gasteiger partial charge in [-0.3, -0.25) is 4.98 Å². The average Bonchev–Trinajstić information content (AvgIpc) is 2.55. The number of para-hydroxylation sites is 2. The van der Waals surface area contributed by atoms with Gasteiger partial charge in [-0.1, -0.05) is 30.3 Å². The summed E-state index contributed by atoms with van der Waals surface area (Å²) in [5.41, 5.74) is 3.12. The number of aromatic nitrogens is 1. The third-order valence-electron chi connectivity index (χ3n) is 3.20. The maximum absolute atomic E-state index is 9.29. The number of pyridine rings is 1. The molecule has 0 saturated carbocycles. The first kappa shape index (κ1) is 12.7. The Morgan fingerprint density at radius 1 is 0.857 bits per heavy atom. The number of nitrogens with zero attached hydrogens (tertiary/aromatic N) is 3. The zero-order valence-corrected chi connectivity index (χ0v) is 11.0. The van der Waals surface area contributed by atoms with E-state index in [0.29, 0.717) is 22.5 Å². The van der Waals surface area contributed by atoms with E-state index in [1.165, 1.54) is 0 Å². The summed E-state index contributed by atoms with van der Waals surface area (Å²) in [6.45, 7) is 0. The zero-order chi connectivity index (χ0) is 14.7. The Morgan fingerprint density at radius 3 is 2.38 bits per heavy atom. The standard InChI is InChI=1S/C17H10N4/c18-9-12-5-1-3-7-15(12)21-17-13(10-19)11-20-16-8-4-2-6-14(16)17/h1-8,11H,(H,20,21). The van der Waals surface area contributed by atoms with E-state index in [1.807, 2.05) is 36.4 Å². The molecule has 0 bridgehead atoms. The Bertz CT molecular complexity index is 901. The average molecular weight is 270 g/mol. The summed E-state index contributed by atoms with van der Waals surface area (Å²) in [5.74, 6) is 0. The van der Waals surface area contributed by atoms with E-state index in [9.17, 15) is 5.26 Å². The second-order valence-electron chi connectivity index (χ2n) is 4.46. The maximum atomic E-state index is 9.29. The molecule has 0 fully saturated rings. The number of nitrogens with one attached hydrogen (secondary N) is 1. The van der Waals surface area contributed by atoms with Gasteiger partial charge in [0.1, 0.15) is 12.1 Å². The van der Waals surface area contributed by atoms with E-state index in [4.69, 9.17) is 5.26 Å². The van der Waals surface area contributed by atoms with Gasteiger partial charge in [0, 0.05) is 11.6 Å². The lowest BCUT2D eigenvalue weighted by atomic mass is 10.1. The summed E-state index contributed by atoms with van der Waals surface area (Å²) >= 11 is 0. The number of benzene rings is 2. The van der Waals surface area contributed by atoms with Crippen LogP contribution < -0.4 is 5.32 Å². The molecule has 0 aliphatic carbocycles. The summed E-state index contributed by atoms with van der Waals surface area (Å²) in [7, 11) is 0. The molecule has 0 unspecified atom stereocenters. The van der Waals surface area contributed by atoms with Crippen LogP contribution in [0, 0.1) is 22.7 Å².